The van der Waals surface area contributed by atoms with Crippen LogP contribution in [0, 0.1) is 0 Å². The van der Waals surface area contributed by atoms with Gasteiger partial charge in [-0.1, -0.05) is 24.3 Å². The van der Waals surface area contributed by atoms with Crippen molar-refractivity contribution in [3.63, 3.8) is 0 Å². The third-order valence-electron chi connectivity index (χ3n) is 5.18. The Hall–Kier alpha value is -3.36. The Bertz CT molecular complexity index is 1300. The first-order valence-corrected chi connectivity index (χ1v) is 11.5. The Morgan fingerprint density at radius 3 is 2.56 bits per heavy atom. The van der Waals surface area contributed by atoms with E-state index < -0.39 is 0 Å². The number of para-hydroxylation sites is 1. The fraction of sp³-hybridized carbons (Fsp3) is 0.167. The predicted octanol–water partition coefficient (Wildman–Crippen LogP) is 4.76. The van der Waals surface area contributed by atoms with Gasteiger partial charge >= 0.3 is 0 Å². The second-order valence-electron chi connectivity index (χ2n) is 7.44. The third kappa shape index (κ3) is 4.46. The van der Waals surface area contributed by atoms with Crippen molar-refractivity contribution in [1.29, 1.82) is 0 Å². The van der Waals surface area contributed by atoms with Crippen molar-refractivity contribution in [1.82, 2.24) is 9.88 Å². The quantitative estimate of drug-likeness (QED) is 0.416. The number of nitrogens with one attached hydrogen (secondary N) is 2. The van der Waals surface area contributed by atoms with Gasteiger partial charge in [0.05, 0.1) is 18.6 Å². The number of rotatable bonds is 5. The molecule has 0 aliphatic carbocycles. The first kappa shape index (κ1) is 20.5. The number of hydrogen-bond acceptors (Lipinski definition) is 5. The molecule has 2 aromatic carbocycles. The molecule has 3 heterocycles. The molecule has 0 saturated carbocycles. The van der Waals surface area contributed by atoms with E-state index in [2.05, 4.69) is 16.4 Å². The number of thiocarbonyl (C=S) groups is 1. The molecule has 32 heavy (non-hydrogen) atoms. The highest BCUT2D eigenvalue weighted by Crippen LogP contribution is 2.33. The lowest BCUT2D eigenvalue weighted by molar-refractivity contribution is 0.172. The highest BCUT2D eigenvalue weighted by molar-refractivity contribution is 7.80. The molecule has 162 valence electrons. The van der Waals surface area contributed by atoms with Crippen molar-refractivity contribution in [3.8, 4) is 11.5 Å². The molecule has 8 heteroatoms. The van der Waals surface area contributed by atoms with E-state index in [0.717, 1.165) is 16.6 Å². The van der Waals surface area contributed by atoms with Crippen molar-refractivity contribution >= 4 is 45.3 Å². The van der Waals surface area contributed by atoms with E-state index in [1.165, 1.54) is 4.88 Å². The largest absolute Gasteiger partial charge is 0.486 e. The molecule has 0 fully saturated rings. The van der Waals surface area contributed by atoms with E-state index in [9.17, 15) is 4.79 Å². The maximum Gasteiger partial charge on any atom is 0.253 e. The van der Waals surface area contributed by atoms with Crippen LogP contribution in [0.2, 0.25) is 0 Å². The monoisotopic (exact) mass is 463 g/mol. The van der Waals surface area contributed by atoms with E-state index in [-0.39, 0.29) is 5.56 Å². The number of hydrogen-bond donors (Lipinski definition) is 2. The summed E-state index contributed by atoms with van der Waals surface area (Å²) in [5.41, 5.74) is 2.11. The summed E-state index contributed by atoms with van der Waals surface area (Å²) in [4.78, 5) is 19.1. The van der Waals surface area contributed by atoms with Crippen LogP contribution in [0.5, 0.6) is 11.5 Å². The summed E-state index contributed by atoms with van der Waals surface area (Å²) in [6, 6.07) is 19.5. The van der Waals surface area contributed by atoms with Crippen LogP contribution in [-0.2, 0) is 13.1 Å². The van der Waals surface area contributed by atoms with Gasteiger partial charge in [0.1, 0.15) is 13.2 Å². The van der Waals surface area contributed by atoms with Gasteiger partial charge in [-0.25, -0.2) is 0 Å². The lowest BCUT2D eigenvalue weighted by Gasteiger charge is -2.25. The lowest BCUT2D eigenvalue weighted by atomic mass is 10.1. The zero-order valence-electron chi connectivity index (χ0n) is 17.2. The maximum absolute atomic E-state index is 12.9. The summed E-state index contributed by atoms with van der Waals surface area (Å²) in [5, 5.41) is 6.77. The Balaban J connectivity index is 1.45. The number of fused-ring (bicyclic) bond motifs is 2. The molecule has 2 aromatic heterocycles. The van der Waals surface area contributed by atoms with Gasteiger partial charge in [0.2, 0.25) is 0 Å². The third-order valence-corrected chi connectivity index (χ3v) is 6.41. The molecule has 1 aliphatic rings. The summed E-state index contributed by atoms with van der Waals surface area (Å²) >= 11 is 7.38. The number of H-pyrrole nitrogens is 1. The molecule has 0 amide bonds. The SMILES string of the molecule is O=c1[nH]c2cc3c(cc2cc1CN(Cc1cccs1)C(=S)Nc1ccccc1)OCCO3. The highest BCUT2D eigenvalue weighted by Gasteiger charge is 2.17. The van der Waals surface area contributed by atoms with E-state index in [4.69, 9.17) is 21.7 Å². The first-order chi connectivity index (χ1) is 15.7. The average molecular weight is 464 g/mol. The number of aromatic amines is 1. The molecule has 5 rings (SSSR count). The number of ether oxygens (including phenoxy) is 2. The molecule has 2 N–H and O–H groups in total. The van der Waals surface area contributed by atoms with E-state index in [1.54, 1.807) is 11.3 Å². The van der Waals surface area contributed by atoms with Crippen LogP contribution in [0.25, 0.3) is 10.9 Å². The van der Waals surface area contributed by atoms with Gasteiger partial charge in [-0.3, -0.25) is 4.79 Å². The lowest BCUT2D eigenvalue weighted by Crippen LogP contribution is -2.35. The Morgan fingerprint density at radius 1 is 1.03 bits per heavy atom. The van der Waals surface area contributed by atoms with E-state index in [1.807, 2.05) is 64.9 Å². The maximum atomic E-state index is 12.9. The number of anilines is 1. The molecule has 0 saturated heterocycles. The summed E-state index contributed by atoms with van der Waals surface area (Å²) in [7, 11) is 0. The minimum atomic E-state index is -0.145. The highest BCUT2D eigenvalue weighted by atomic mass is 32.1. The standard InChI is InChI=1S/C24H21N3O3S2/c28-23-17(11-16-12-21-22(13-20(16)26-23)30-9-8-29-21)14-27(15-19-7-4-10-32-19)24(31)25-18-5-2-1-3-6-18/h1-7,10-13H,8-9,14-15H2,(H,25,31)(H,26,28). The fourth-order valence-corrected chi connectivity index (χ4v) is 4.59. The normalized spacial score (nSPS) is 12.5. The molecule has 1 aliphatic heterocycles. The van der Waals surface area contributed by atoms with Crippen molar-refractivity contribution in [3.05, 3.63) is 86.8 Å². The molecular weight excluding hydrogens is 442 g/mol. The topological polar surface area (TPSA) is 66.6 Å². The number of benzene rings is 2. The Kier molecular flexibility index (Phi) is 5.79. The van der Waals surface area contributed by atoms with Crippen molar-refractivity contribution in [2.45, 2.75) is 13.1 Å². The minimum absolute atomic E-state index is 0.145. The van der Waals surface area contributed by atoms with Gasteiger partial charge in [0.25, 0.3) is 5.56 Å². The summed E-state index contributed by atoms with van der Waals surface area (Å²) in [5.74, 6) is 1.35. The van der Waals surface area contributed by atoms with Crippen molar-refractivity contribution in [2.24, 2.45) is 0 Å². The van der Waals surface area contributed by atoms with Gasteiger partial charge in [-0.15, -0.1) is 11.3 Å². The number of aromatic nitrogens is 1. The van der Waals surface area contributed by atoms with Gasteiger partial charge in [-0.05, 0) is 47.9 Å². The van der Waals surface area contributed by atoms with Gasteiger partial charge in [-0.2, -0.15) is 0 Å². The average Bonchev–Trinajstić information content (AvgIpc) is 3.32. The van der Waals surface area contributed by atoms with Crippen LogP contribution in [-0.4, -0.2) is 28.2 Å². The molecular formula is C24H21N3O3S2. The molecule has 6 nitrogen and oxygen atoms in total. The molecule has 0 spiro atoms. The zero-order valence-corrected chi connectivity index (χ0v) is 18.8. The van der Waals surface area contributed by atoms with Crippen LogP contribution in [0.1, 0.15) is 10.4 Å². The van der Waals surface area contributed by atoms with Gasteiger partial charge in [0.15, 0.2) is 16.6 Å². The first-order valence-electron chi connectivity index (χ1n) is 10.2. The molecule has 0 atom stereocenters. The van der Waals surface area contributed by atoms with Crippen LogP contribution in [0.15, 0.2) is 70.8 Å². The van der Waals surface area contributed by atoms with Crippen LogP contribution >= 0.6 is 23.6 Å². The minimum Gasteiger partial charge on any atom is -0.486 e. The number of nitrogens with zero attached hydrogens (tertiary/aromatic N) is 1. The predicted molar refractivity (Wildman–Crippen MR) is 132 cm³/mol. The van der Waals surface area contributed by atoms with Crippen LogP contribution in [0.3, 0.4) is 0 Å². The summed E-state index contributed by atoms with van der Waals surface area (Å²) < 4.78 is 11.3. The second kappa shape index (κ2) is 9.02. The van der Waals surface area contributed by atoms with E-state index in [0.29, 0.717) is 48.5 Å². The number of pyridine rings is 1. The van der Waals surface area contributed by atoms with Crippen LogP contribution in [0.4, 0.5) is 5.69 Å². The van der Waals surface area contributed by atoms with Crippen molar-refractivity contribution < 1.29 is 9.47 Å². The van der Waals surface area contributed by atoms with Crippen LogP contribution < -0.4 is 20.3 Å². The summed E-state index contributed by atoms with van der Waals surface area (Å²) in [6.07, 6.45) is 0. The smallest absolute Gasteiger partial charge is 0.253 e. The second-order valence-corrected chi connectivity index (χ2v) is 8.86. The van der Waals surface area contributed by atoms with E-state index >= 15 is 0 Å². The molecule has 0 unspecified atom stereocenters. The zero-order chi connectivity index (χ0) is 21.9. The Labute approximate surface area is 194 Å². The molecule has 4 aromatic rings. The number of thiophene rings is 1. The fourth-order valence-electron chi connectivity index (χ4n) is 3.63. The van der Waals surface area contributed by atoms with Crippen molar-refractivity contribution in [2.75, 3.05) is 18.5 Å². The van der Waals surface area contributed by atoms with Gasteiger partial charge in [0, 0.05) is 27.6 Å². The Morgan fingerprint density at radius 2 is 1.81 bits per heavy atom. The summed E-state index contributed by atoms with van der Waals surface area (Å²) in [6.45, 7) is 2.00. The molecule has 0 radical (unpaired) electrons. The van der Waals surface area contributed by atoms with Gasteiger partial charge < -0.3 is 24.7 Å². The molecule has 0 bridgehead atoms.